The third kappa shape index (κ3) is 5.40. The first-order chi connectivity index (χ1) is 11.6. The van der Waals surface area contributed by atoms with Crippen LogP contribution in [0.15, 0.2) is 0 Å². The van der Waals surface area contributed by atoms with Gasteiger partial charge < -0.3 is 31.3 Å². The van der Waals surface area contributed by atoms with Crippen molar-refractivity contribution in [3.63, 3.8) is 0 Å². The zero-order valence-corrected chi connectivity index (χ0v) is 13.4. The van der Waals surface area contributed by atoms with Crippen molar-refractivity contribution < 1.29 is 15.3 Å². The minimum Gasteiger partial charge on any atom is -0.390 e. The lowest BCUT2D eigenvalue weighted by molar-refractivity contribution is -0.0971. The number of nitrogens with one attached hydrogen (secondary N) is 3. The van der Waals surface area contributed by atoms with E-state index in [2.05, 4.69) is 16.0 Å². The molecule has 0 aliphatic heterocycles. The second-order valence-corrected chi connectivity index (χ2v) is 5.64. The summed E-state index contributed by atoms with van der Waals surface area (Å²) in [6.45, 7) is 0.879. The van der Waals surface area contributed by atoms with Crippen molar-refractivity contribution in [1.82, 2.24) is 16.0 Å². The Hall–Kier alpha value is -1.77. The molecule has 1 aliphatic carbocycles. The normalized spacial score (nSPS) is 32.5. The Morgan fingerprint density at radius 3 is 1.04 bits per heavy atom. The molecule has 0 heterocycles. The molecule has 0 spiro atoms. The molecule has 0 bridgehead atoms. The number of nitriles is 3. The number of hydrogen-bond donors (Lipinski definition) is 6. The van der Waals surface area contributed by atoms with Gasteiger partial charge in [0.15, 0.2) is 0 Å². The third-order valence-corrected chi connectivity index (χ3v) is 4.06. The summed E-state index contributed by atoms with van der Waals surface area (Å²) in [6.07, 6.45) is -2.63. The van der Waals surface area contributed by atoms with Gasteiger partial charge in [-0.05, 0) is 0 Å². The van der Waals surface area contributed by atoms with Crippen LogP contribution in [0.4, 0.5) is 0 Å². The molecule has 0 unspecified atom stereocenters. The number of aliphatic hydroxyl groups excluding tert-OH is 3. The molecule has 0 aromatic heterocycles. The monoisotopic (exact) mass is 336 g/mol. The SMILES string of the molecule is N#CCCN[C@H]1[C@@H](O)[C@@H](NCCC#N)[C@@H](O)[C@@H](NCCC#N)[C@H]1O. The van der Waals surface area contributed by atoms with Gasteiger partial charge in [-0.15, -0.1) is 0 Å². The maximum absolute atomic E-state index is 10.5. The van der Waals surface area contributed by atoms with Gasteiger partial charge in [-0.25, -0.2) is 0 Å². The molecule has 9 heteroatoms. The summed E-state index contributed by atoms with van der Waals surface area (Å²) in [4.78, 5) is 0. The zero-order valence-electron chi connectivity index (χ0n) is 13.4. The van der Waals surface area contributed by atoms with Crippen LogP contribution in [-0.2, 0) is 0 Å². The van der Waals surface area contributed by atoms with Crippen molar-refractivity contribution in [3.8, 4) is 18.2 Å². The van der Waals surface area contributed by atoms with E-state index in [1.807, 2.05) is 18.2 Å². The lowest BCUT2D eigenvalue weighted by Crippen LogP contribution is -2.73. The van der Waals surface area contributed by atoms with Gasteiger partial charge in [0.05, 0.1) is 54.6 Å². The van der Waals surface area contributed by atoms with E-state index in [-0.39, 0.29) is 19.3 Å². The predicted octanol–water partition coefficient (Wildman–Crippen LogP) is -2.30. The number of rotatable bonds is 9. The molecular formula is C15H24N6O3. The third-order valence-electron chi connectivity index (χ3n) is 4.06. The molecule has 0 radical (unpaired) electrons. The lowest BCUT2D eigenvalue weighted by atomic mass is 9.79. The number of hydrogen-bond acceptors (Lipinski definition) is 9. The lowest BCUT2D eigenvalue weighted by Gasteiger charge is -2.47. The van der Waals surface area contributed by atoms with Crippen LogP contribution in [0, 0.1) is 34.0 Å². The summed E-state index contributed by atoms with van der Waals surface area (Å²) in [5.74, 6) is 0. The quantitative estimate of drug-likeness (QED) is 0.253. The van der Waals surface area contributed by atoms with Crippen LogP contribution >= 0.6 is 0 Å². The summed E-state index contributed by atoms with van der Waals surface area (Å²) in [6, 6.07) is 3.67. The van der Waals surface area contributed by atoms with Gasteiger partial charge >= 0.3 is 0 Å². The molecule has 6 N–H and O–H groups in total. The molecule has 0 aromatic rings. The minimum atomic E-state index is -1.10. The maximum Gasteiger partial charge on any atom is 0.0897 e. The highest BCUT2D eigenvalue weighted by Crippen LogP contribution is 2.22. The summed E-state index contributed by atoms with van der Waals surface area (Å²) in [5, 5.41) is 66.1. The van der Waals surface area contributed by atoms with Gasteiger partial charge in [0.1, 0.15) is 0 Å². The van der Waals surface area contributed by atoms with E-state index in [1.54, 1.807) is 0 Å². The largest absolute Gasteiger partial charge is 0.390 e. The van der Waals surface area contributed by atoms with Crippen molar-refractivity contribution in [1.29, 1.82) is 15.8 Å². The fraction of sp³-hybridized carbons (Fsp3) is 0.800. The topological polar surface area (TPSA) is 168 Å². The smallest absolute Gasteiger partial charge is 0.0897 e. The summed E-state index contributed by atoms with van der Waals surface area (Å²) >= 11 is 0. The summed E-state index contributed by atoms with van der Waals surface area (Å²) in [7, 11) is 0. The molecule has 0 aromatic carbocycles. The van der Waals surface area contributed by atoms with E-state index in [0.717, 1.165) is 0 Å². The minimum absolute atomic E-state index is 0.220. The average Bonchev–Trinajstić information content (AvgIpc) is 2.57. The molecule has 1 fully saturated rings. The van der Waals surface area contributed by atoms with Crippen molar-refractivity contribution in [2.75, 3.05) is 19.6 Å². The highest BCUT2D eigenvalue weighted by atomic mass is 16.3. The van der Waals surface area contributed by atoms with Gasteiger partial charge in [0, 0.05) is 38.9 Å². The fourth-order valence-corrected chi connectivity index (χ4v) is 2.88. The summed E-state index contributed by atoms with van der Waals surface area (Å²) < 4.78 is 0. The van der Waals surface area contributed by atoms with Crippen molar-refractivity contribution >= 4 is 0 Å². The molecule has 0 amide bonds. The molecule has 0 atom stereocenters. The van der Waals surface area contributed by atoms with E-state index in [1.165, 1.54) is 0 Å². The first kappa shape index (κ1) is 20.3. The molecule has 0 saturated heterocycles. The molecular weight excluding hydrogens is 312 g/mol. The zero-order chi connectivity index (χ0) is 17.9. The first-order valence-electron chi connectivity index (χ1n) is 7.93. The van der Waals surface area contributed by atoms with Gasteiger partial charge in [-0.3, -0.25) is 0 Å². The van der Waals surface area contributed by atoms with E-state index in [4.69, 9.17) is 15.8 Å². The Kier molecular flexibility index (Phi) is 9.21. The van der Waals surface area contributed by atoms with Gasteiger partial charge in [0.25, 0.3) is 0 Å². The molecule has 1 aliphatic rings. The van der Waals surface area contributed by atoms with E-state index >= 15 is 0 Å². The van der Waals surface area contributed by atoms with E-state index in [9.17, 15) is 15.3 Å². The van der Waals surface area contributed by atoms with Crippen LogP contribution in [0.1, 0.15) is 19.3 Å². The molecule has 24 heavy (non-hydrogen) atoms. The Balaban J connectivity index is 2.83. The van der Waals surface area contributed by atoms with Crippen molar-refractivity contribution in [3.05, 3.63) is 0 Å². The Morgan fingerprint density at radius 1 is 0.583 bits per heavy atom. The Bertz CT molecular complexity index is 414. The van der Waals surface area contributed by atoms with E-state index in [0.29, 0.717) is 19.6 Å². The predicted molar refractivity (Wildman–Crippen MR) is 84.1 cm³/mol. The molecule has 1 rings (SSSR count). The second-order valence-electron chi connectivity index (χ2n) is 5.64. The van der Waals surface area contributed by atoms with Crippen LogP contribution in [0.3, 0.4) is 0 Å². The van der Waals surface area contributed by atoms with Gasteiger partial charge in [-0.1, -0.05) is 0 Å². The fourth-order valence-electron chi connectivity index (χ4n) is 2.88. The highest BCUT2D eigenvalue weighted by molar-refractivity contribution is 5.08. The Labute approximate surface area is 141 Å². The average molecular weight is 336 g/mol. The number of aliphatic hydroxyl groups is 3. The van der Waals surface area contributed by atoms with Crippen LogP contribution in [0.25, 0.3) is 0 Å². The molecule has 132 valence electrons. The summed E-state index contributed by atoms with van der Waals surface area (Å²) in [5.41, 5.74) is 0. The van der Waals surface area contributed by atoms with Crippen LogP contribution in [-0.4, -0.2) is 71.4 Å². The highest BCUT2D eigenvalue weighted by Gasteiger charge is 2.48. The Morgan fingerprint density at radius 2 is 0.833 bits per heavy atom. The standard InChI is InChI=1S/C15H24N6O3/c16-4-1-7-19-10-13(22)11(20-8-2-5-17)15(24)12(14(10)23)21-9-3-6-18/h10-15,19-24H,1-3,7-9H2/t10-,11+,12-,13+,14-,15+. The maximum atomic E-state index is 10.5. The van der Waals surface area contributed by atoms with Crippen LogP contribution < -0.4 is 16.0 Å². The van der Waals surface area contributed by atoms with Crippen molar-refractivity contribution in [2.45, 2.75) is 55.7 Å². The number of nitrogens with zero attached hydrogens (tertiary/aromatic N) is 3. The van der Waals surface area contributed by atoms with Crippen LogP contribution in [0.5, 0.6) is 0 Å². The van der Waals surface area contributed by atoms with Crippen molar-refractivity contribution in [2.24, 2.45) is 0 Å². The van der Waals surface area contributed by atoms with Crippen LogP contribution in [0.2, 0.25) is 0 Å². The van der Waals surface area contributed by atoms with E-state index < -0.39 is 36.4 Å². The second kappa shape index (κ2) is 10.9. The molecule has 9 nitrogen and oxygen atoms in total. The molecule has 1 saturated carbocycles. The van der Waals surface area contributed by atoms with Gasteiger partial charge in [-0.2, -0.15) is 15.8 Å². The van der Waals surface area contributed by atoms with Gasteiger partial charge in [0.2, 0.25) is 0 Å². The first-order valence-corrected chi connectivity index (χ1v) is 7.93.